The number of piperidine rings is 1. The first-order chi connectivity index (χ1) is 9.63. The fourth-order valence-corrected chi connectivity index (χ4v) is 2.93. The van der Waals surface area contributed by atoms with E-state index in [2.05, 4.69) is 24.1 Å². The minimum atomic E-state index is -0.333. The van der Waals surface area contributed by atoms with Gasteiger partial charge in [-0.15, -0.1) is 0 Å². The molecule has 0 amide bonds. The molecule has 0 bridgehead atoms. The summed E-state index contributed by atoms with van der Waals surface area (Å²) in [6, 6.07) is 5.48. The summed E-state index contributed by atoms with van der Waals surface area (Å²) in [7, 11) is 0. The molecule has 2 rings (SSSR count). The van der Waals surface area contributed by atoms with E-state index in [1.807, 2.05) is 0 Å². The third kappa shape index (κ3) is 3.78. The Morgan fingerprint density at radius 1 is 1.45 bits per heavy atom. The molecular weight excluding hydrogens is 255 g/mol. The molecule has 0 spiro atoms. The van der Waals surface area contributed by atoms with Crippen LogP contribution in [0.1, 0.15) is 31.4 Å². The molecule has 3 nitrogen and oxygen atoms in total. The van der Waals surface area contributed by atoms with Crippen LogP contribution in [0.15, 0.2) is 18.2 Å². The highest BCUT2D eigenvalue weighted by Gasteiger charge is 2.24. The zero-order chi connectivity index (χ0) is 14.5. The first-order valence-corrected chi connectivity index (χ1v) is 7.48. The molecule has 1 fully saturated rings. The Hall–Kier alpha value is -0.970. The zero-order valence-corrected chi connectivity index (χ0v) is 12.4. The normalized spacial score (nSPS) is 24.0. The molecule has 0 radical (unpaired) electrons. The number of hydrogen-bond donors (Lipinski definition) is 2. The van der Waals surface area contributed by atoms with Crippen LogP contribution in [0, 0.1) is 11.7 Å². The third-order valence-electron chi connectivity index (χ3n) is 4.29. The van der Waals surface area contributed by atoms with Crippen LogP contribution in [-0.2, 0) is 13.2 Å². The van der Waals surface area contributed by atoms with Crippen molar-refractivity contribution < 1.29 is 9.50 Å². The van der Waals surface area contributed by atoms with Gasteiger partial charge in [-0.25, -0.2) is 4.39 Å². The Morgan fingerprint density at radius 3 is 2.90 bits per heavy atom. The van der Waals surface area contributed by atoms with E-state index >= 15 is 0 Å². The molecule has 1 aliphatic rings. The lowest BCUT2D eigenvalue weighted by Gasteiger charge is -2.37. The number of hydrogen-bond acceptors (Lipinski definition) is 3. The molecule has 0 aliphatic carbocycles. The van der Waals surface area contributed by atoms with Crippen molar-refractivity contribution in [3.63, 3.8) is 0 Å². The summed E-state index contributed by atoms with van der Waals surface area (Å²) in [4.78, 5) is 2.48. The third-order valence-corrected chi connectivity index (χ3v) is 4.29. The first-order valence-electron chi connectivity index (χ1n) is 7.48. The monoisotopic (exact) mass is 280 g/mol. The molecule has 0 saturated carbocycles. The lowest BCUT2D eigenvalue weighted by atomic mass is 9.93. The smallest absolute Gasteiger partial charge is 0.128 e. The van der Waals surface area contributed by atoms with Gasteiger partial charge in [-0.05, 0) is 43.1 Å². The van der Waals surface area contributed by atoms with Crippen molar-refractivity contribution in [2.75, 3.05) is 19.6 Å². The van der Waals surface area contributed by atoms with Crippen molar-refractivity contribution in [1.82, 2.24) is 10.2 Å². The molecule has 20 heavy (non-hydrogen) atoms. The van der Waals surface area contributed by atoms with Gasteiger partial charge in [0.15, 0.2) is 0 Å². The van der Waals surface area contributed by atoms with Crippen LogP contribution in [0.2, 0.25) is 0 Å². The average Bonchev–Trinajstić information content (AvgIpc) is 2.47. The van der Waals surface area contributed by atoms with Gasteiger partial charge in [-0.1, -0.05) is 19.9 Å². The maximum absolute atomic E-state index is 13.3. The van der Waals surface area contributed by atoms with E-state index in [1.54, 1.807) is 12.1 Å². The number of nitrogens with zero attached hydrogens (tertiary/aromatic N) is 1. The second kappa shape index (κ2) is 7.16. The van der Waals surface area contributed by atoms with E-state index in [9.17, 15) is 4.39 Å². The lowest BCUT2D eigenvalue weighted by molar-refractivity contribution is 0.153. The SMILES string of the molecule is CCN1CCC(NCc2ccc(F)c(CO)c2)C(C)C1. The summed E-state index contributed by atoms with van der Waals surface area (Å²) in [6.45, 7) is 8.37. The van der Waals surface area contributed by atoms with Crippen molar-refractivity contribution in [3.8, 4) is 0 Å². The summed E-state index contributed by atoms with van der Waals surface area (Å²) < 4.78 is 13.3. The molecule has 112 valence electrons. The Labute approximate surface area is 120 Å². The van der Waals surface area contributed by atoms with E-state index in [0.717, 1.165) is 38.2 Å². The summed E-state index contributed by atoms with van der Waals surface area (Å²) >= 11 is 0. The number of aliphatic hydroxyl groups excluding tert-OH is 1. The van der Waals surface area contributed by atoms with Crippen LogP contribution < -0.4 is 5.32 Å². The topological polar surface area (TPSA) is 35.5 Å². The Bertz CT molecular complexity index is 438. The van der Waals surface area contributed by atoms with Crippen LogP contribution in [-0.4, -0.2) is 35.7 Å². The minimum absolute atomic E-state index is 0.245. The highest BCUT2D eigenvalue weighted by molar-refractivity contribution is 5.24. The molecule has 1 aromatic rings. The highest BCUT2D eigenvalue weighted by Crippen LogP contribution is 2.17. The van der Waals surface area contributed by atoms with Crippen molar-refractivity contribution in [3.05, 3.63) is 35.1 Å². The molecule has 4 heteroatoms. The van der Waals surface area contributed by atoms with Gasteiger partial charge in [0.05, 0.1) is 6.61 Å². The van der Waals surface area contributed by atoms with Gasteiger partial charge in [-0.2, -0.15) is 0 Å². The van der Waals surface area contributed by atoms with Gasteiger partial charge in [0.2, 0.25) is 0 Å². The number of aliphatic hydroxyl groups is 1. The zero-order valence-electron chi connectivity index (χ0n) is 12.4. The fourth-order valence-electron chi connectivity index (χ4n) is 2.93. The largest absolute Gasteiger partial charge is 0.392 e. The minimum Gasteiger partial charge on any atom is -0.392 e. The molecule has 2 atom stereocenters. The van der Waals surface area contributed by atoms with Crippen molar-refractivity contribution in [2.45, 2.75) is 39.5 Å². The average molecular weight is 280 g/mol. The van der Waals surface area contributed by atoms with E-state index in [4.69, 9.17) is 5.11 Å². The first kappa shape index (κ1) is 15.4. The Morgan fingerprint density at radius 2 is 2.25 bits per heavy atom. The standard InChI is InChI=1S/C16H25FN2O/c1-3-19-7-6-16(12(2)10-19)18-9-13-4-5-15(17)14(8-13)11-20/h4-5,8,12,16,18,20H,3,6-7,9-11H2,1-2H3. The molecule has 1 aromatic carbocycles. The van der Waals surface area contributed by atoms with E-state index in [0.29, 0.717) is 17.5 Å². The predicted molar refractivity (Wildman–Crippen MR) is 78.8 cm³/mol. The van der Waals surface area contributed by atoms with Gasteiger partial charge in [0, 0.05) is 24.7 Å². The molecule has 0 aromatic heterocycles. The molecule has 1 aliphatic heterocycles. The maximum atomic E-state index is 13.3. The molecular formula is C16H25FN2O. The summed E-state index contributed by atoms with van der Waals surface area (Å²) in [6.07, 6.45) is 1.16. The lowest BCUT2D eigenvalue weighted by Crippen LogP contribution is -2.47. The molecule has 2 unspecified atom stereocenters. The van der Waals surface area contributed by atoms with Gasteiger partial charge in [0.25, 0.3) is 0 Å². The van der Waals surface area contributed by atoms with Crippen molar-refractivity contribution >= 4 is 0 Å². The highest BCUT2D eigenvalue weighted by atomic mass is 19.1. The fraction of sp³-hybridized carbons (Fsp3) is 0.625. The quantitative estimate of drug-likeness (QED) is 0.867. The van der Waals surface area contributed by atoms with Crippen LogP contribution in [0.5, 0.6) is 0 Å². The van der Waals surface area contributed by atoms with Gasteiger partial charge < -0.3 is 15.3 Å². The Kier molecular flexibility index (Phi) is 5.52. The summed E-state index contributed by atoms with van der Waals surface area (Å²) in [5, 5.41) is 12.7. The van der Waals surface area contributed by atoms with Gasteiger partial charge in [0.1, 0.15) is 5.82 Å². The number of rotatable bonds is 5. The van der Waals surface area contributed by atoms with Crippen LogP contribution >= 0.6 is 0 Å². The molecule has 1 saturated heterocycles. The van der Waals surface area contributed by atoms with Crippen LogP contribution in [0.25, 0.3) is 0 Å². The number of halogens is 1. The predicted octanol–water partition coefficient (Wildman–Crippen LogP) is 2.14. The van der Waals surface area contributed by atoms with Gasteiger partial charge in [-0.3, -0.25) is 0 Å². The van der Waals surface area contributed by atoms with Crippen LogP contribution in [0.3, 0.4) is 0 Å². The number of likely N-dealkylation sites (tertiary alicyclic amines) is 1. The van der Waals surface area contributed by atoms with Crippen LogP contribution in [0.4, 0.5) is 4.39 Å². The maximum Gasteiger partial charge on any atom is 0.128 e. The second-order valence-corrected chi connectivity index (χ2v) is 5.73. The van der Waals surface area contributed by atoms with Gasteiger partial charge >= 0.3 is 0 Å². The molecule has 2 N–H and O–H groups in total. The van der Waals surface area contributed by atoms with Crippen molar-refractivity contribution in [1.29, 1.82) is 0 Å². The molecule has 1 heterocycles. The Balaban J connectivity index is 1.89. The van der Waals surface area contributed by atoms with E-state index in [1.165, 1.54) is 6.07 Å². The second-order valence-electron chi connectivity index (χ2n) is 5.73. The van der Waals surface area contributed by atoms with E-state index in [-0.39, 0.29) is 12.4 Å². The summed E-state index contributed by atoms with van der Waals surface area (Å²) in [5.74, 6) is 0.294. The number of nitrogens with one attached hydrogen (secondary N) is 1. The number of benzene rings is 1. The van der Waals surface area contributed by atoms with Crippen molar-refractivity contribution in [2.24, 2.45) is 5.92 Å². The summed E-state index contributed by atoms with van der Waals surface area (Å²) in [5.41, 5.74) is 1.40. The van der Waals surface area contributed by atoms with E-state index < -0.39 is 0 Å².